The van der Waals surface area contributed by atoms with Gasteiger partial charge in [0, 0.05) is 24.1 Å². The standard InChI is InChI=1S/C10H10N4/c1-9-5-6-10(12-8-9)4-2-3-7-13-14-11/h5-6,8H,3,7H2,1H3. The van der Waals surface area contributed by atoms with E-state index in [9.17, 15) is 0 Å². The van der Waals surface area contributed by atoms with Crippen LogP contribution in [-0.2, 0) is 0 Å². The van der Waals surface area contributed by atoms with Crippen LogP contribution in [0.5, 0.6) is 0 Å². The largest absolute Gasteiger partial charge is 0.248 e. The van der Waals surface area contributed by atoms with Gasteiger partial charge in [-0.2, -0.15) is 0 Å². The molecule has 70 valence electrons. The van der Waals surface area contributed by atoms with Gasteiger partial charge >= 0.3 is 0 Å². The van der Waals surface area contributed by atoms with Crippen molar-refractivity contribution in [1.82, 2.24) is 4.98 Å². The van der Waals surface area contributed by atoms with Gasteiger partial charge in [-0.1, -0.05) is 17.1 Å². The molecule has 0 aliphatic heterocycles. The lowest BCUT2D eigenvalue weighted by Gasteiger charge is -1.90. The van der Waals surface area contributed by atoms with E-state index in [4.69, 9.17) is 5.53 Å². The fourth-order valence-electron chi connectivity index (χ4n) is 0.845. The summed E-state index contributed by atoms with van der Waals surface area (Å²) in [6, 6.07) is 3.83. The van der Waals surface area contributed by atoms with Crippen molar-refractivity contribution in [2.24, 2.45) is 5.11 Å². The lowest BCUT2D eigenvalue weighted by Crippen LogP contribution is -1.82. The summed E-state index contributed by atoms with van der Waals surface area (Å²) in [6.07, 6.45) is 2.34. The molecule has 4 heteroatoms. The van der Waals surface area contributed by atoms with E-state index in [0.717, 1.165) is 11.3 Å². The Bertz CT molecular complexity index is 390. The maximum Gasteiger partial charge on any atom is 0.113 e. The average molecular weight is 186 g/mol. The van der Waals surface area contributed by atoms with Crippen molar-refractivity contribution in [1.29, 1.82) is 0 Å². The molecule has 14 heavy (non-hydrogen) atoms. The van der Waals surface area contributed by atoms with Crippen molar-refractivity contribution in [2.75, 3.05) is 6.54 Å². The molecule has 1 rings (SSSR count). The van der Waals surface area contributed by atoms with Gasteiger partial charge in [-0.25, -0.2) is 4.98 Å². The summed E-state index contributed by atoms with van der Waals surface area (Å²) >= 11 is 0. The van der Waals surface area contributed by atoms with Crippen LogP contribution in [-0.4, -0.2) is 11.5 Å². The Balaban J connectivity index is 2.51. The maximum absolute atomic E-state index is 8.01. The number of nitrogens with zero attached hydrogens (tertiary/aromatic N) is 4. The van der Waals surface area contributed by atoms with Gasteiger partial charge in [0.15, 0.2) is 0 Å². The van der Waals surface area contributed by atoms with Gasteiger partial charge in [-0.05, 0) is 30.0 Å². The van der Waals surface area contributed by atoms with Crippen LogP contribution in [0.15, 0.2) is 23.4 Å². The molecule has 0 atom stereocenters. The van der Waals surface area contributed by atoms with Crippen LogP contribution in [0, 0.1) is 18.8 Å². The Labute approximate surface area is 82.6 Å². The van der Waals surface area contributed by atoms with Crippen molar-refractivity contribution >= 4 is 0 Å². The third-order valence-corrected chi connectivity index (χ3v) is 1.53. The van der Waals surface area contributed by atoms with Gasteiger partial charge in [0.1, 0.15) is 5.69 Å². The molecule has 0 radical (unpaired) electrons. The van der Waals surface area contributed by atoms with Gasteiger partial charge < -0.3 is 0 Å². The molecule has 0 amide bonds. The first-order chi connectivity index (χ1) is 6.83. The first-order valence-corrected chi connectivity index (χ1v) is 4.25. The molecular weight excluding hydrogens is 176 g/mol. The van der Waals surface area contributed by atoms with E-state index in [0.29, 0.717) is 13.0 Å². The quantitative estimate of drug-likeness (QED) is 0.230. The van der Waals surface area contributed by atoms with Gasteiger partial charge in [-0.3, -0.25) is 0 Å². The molecule has 0 N–H and O–H groups in total. The first-order valence-electron chi connectivity index (χ1n) is 4.25. The van der Waals surface area contributed by atoms with E-state index < -0.39 is 0 Å². The first kappa shape index (κ1) is 10.1. The lowest BCUT2D eigenvalue weighted by molar-refractivity contribution is 1.01. The highest BCUT2D eigenvalue weighted by Crippen LogP contribution is 1.96. The molecule has 0 fully saturated rings. The van der Waals surface area contributed by atoms with Crippen LogP contribution in [0.3, 0.4) is 0 Å². The van der Waals surface area contributed by atoms with Crippen LogP contribution >= 0.6 is 0 Å². The van der Waals surface area contributed by atoms with E-state index in [-0.39, 0.29) is 0 Å². The summed E-state index contributed by atoms with van der Waals surface area (Å²) in [7, 11) is 0. The summed E-state index contributed by atoms with van der Waals surface area (Å²) in [5.41, 5.74) is 9.87. The molecule has 1 heterocycles. The zero-order valence-electron chi connectivity index (χ0n) is 7.94. The topological polar surface area (TPSA) is 61.7 Å². The fraction of sp³-hybridized carbons (Fsp3) is 0.300. The summed E-state index contributed by atoms with van der Waals surface area (Å²) in [4.78, 5) is 6.75. The van der Waals surface area contributed by atoms with Gasteiger partial charge in [0.05, 0.1) is 0 Å². The molecule has 0 aromatic carbocycles. The molecule has 0 unspecified atom stereocenters. The number of rotatable bonds is 2. The van der Waals surface area contributed by atoms with E-state index in [2.05, 4.69) is 26.9 Å². The fourth-order valence-corrected chi connectivity index (χ4v) is 0.845. The van der Waals surface area contributed by atoms with E-state index in [1.54, 1.807) is 6.20 Å². The summed E-state index contributed by atoms with van der Waals surface area (Å²) in [5, 5.41) is 3.37. The van der Waals surface area contributed by atoms with Crippen molar-refractivity contribution in [2.45, 2.75) is 13.3 Å². The molecule has 4 nitrogen and oxygen atoms in total. The van der Waals surface area contributed by atoms with Crippen LogP contribution in [0.2, 0.25) is 0 Å². The SMILES string of the molecule is Cc1ccc(C#CCCN=[N+]=[N-])nc1. The number of hydrogen-bond donors (Lipinski definition) is 0. The number of aryl methyl sites for hydroxylation is 1. The summed E-state index contributed by atoms with van der Waals surface area (Å²) in [5.74, 6) is 5.76. The van der Waals surface area contributed by atoms with Crippen molar-refractivity contribution < 1.29 is 0 Å². The third-order valence-electron chi connectivity index (χ3n) is 1.53. The normalized spacial score (nSPS) is 8.36. The summed E-state index contributed by atoms with van der Waals surface area (Å²) in [6.45, 7) is 2.39. The minimum atomic E-state index is 0.412. The Morgan fingerprint density at radius 2 is 2.43 bits per heavy atom. The van der Waals surface area contributed by atoms with Crippen LogP contribution in [0.4, 0.5) is 0 Å². The van der Waals surface area contributed by atoms with Gasteiger partial charge in [-0.15, -0.1) is 0 Å². The maximum atomic E-state index is 8.01. The third kappa shape index (κ3) is 3.61. The van der Waals surface area contributed by atoms with Crippen LogP contribution in [0.25, 0.3) is 10.4 Å². The molecule has 0 saturated heterocycles. The molecular formula is C10H10N4. The number of azide groups is 1. The monoisotopic (exact) mass is 186 g/mol. The Morgan fingerprint density at radius 3 is 3.07 bits per heavy atom. The second-order valence-electron chi connectivity index (χ2n) is 2.73. The number of hydrogen-bond acceptors (Lipinski definition) is 2. The van der Waals surface area contributed by atoms with E-state index in [1.807, 2.05) is 19.1 Å². The lowest BCUT2D eigenvalue weighted by atomic mass is 10.3. The molecule has 1 aromatic rings. The highest BCUT2D eigenvalue weighted by Gasteiger charge is 1.86. The summed E-state index contributed by atoms with van der Waals surface area (Å²) < 4.78 is 0. The zero-order valence-corrected chi connectivity index (χ0v) is 7.94. The highest BCUT2D eigenvalue weighted by molar-refractivity contribution is 5.28. The second kappa shape index (κ2) is 5.63. The molecule has 0 aliphatic rings. The van der Waals surface area contributed by atoms with Crippen molar-refractivity contribution in [3.8, 4) is 11.8 Å². The minimum Gasteiger partial charge on any atom is -0.248 e. The highest BCUT2D eigenvalue weighted by atomic mass is 15.1. The Hall–Kier alpha value is -1.98. The zero-order chi connectivity index (χ0) is 10.2. The second-order valence-corrected chi connectivity index (χ2v) is 2.73. The van der Waals surface area contributed by atoms with E-state index in [1.165, 1.54) is 0 Å². The molecule has 0 aliphatic carbocycles. The van der Waals surface area contributed by atoms with Crippen molar-refractivity contribution in [3.05, 3.63) is 40.0 Å². The van der Waals surface area contributed by atoms with Gasteiger partial charge in [0.25, 0.3) is 0 Å². The smallest absolute Gasteiger partial charge is 0.113 e. The molecule has 1 aromatic heterocycles. The predicted octanol–water partition coefficient (Wildman–Crippen LogP) is 2.44. The van der Waals surface area contributed by atoms with Crippen LogP contribution in [0.1, 0.15) is 17.7 Å². The molecule has 0 spiro atoms. The number of pyridine rings is 1. The van der Waals surface area contributed by atoms with Gasteiger partial charge in [0.2, 0.25) is 0 Å². The Kier molecular flexibility index (Phi) is 4.06. The van der Waals surface area contributed by atoms with E-state index >= 15 is 0 Å². The molecule has 0 saturated carbocycles. The average Bonchev–Trinajstić information content (AvgIpc) is 2.21. The Morgan fingerprint density at radius 1 is 1.57 bits per heavy atom. The predicted molar refractivity (Wildman–Crippen MR) is 54.5 cm³/mol. The van der Waals surface area contributed by atoms with Crippen molar-refractivity contribution in [3.63, 3.8) is 0 Å². The number of aromatic nitrogens is 1. The van der Waals surface area contributed by atoms with Crippen LogP contribution < -0.4 is 0 Å². The minimum absolute atomic E-state index is 0.412. The molecule has 0 bridgehead atoms.